The number of carbonyl (C=O) groups excluding carboxylic acids is 1. The second-order valence-corrected chi connectivity index (χ2v) is 8.04. The molecular weight excluding hydrogens is 284 g/mol. The normalized spacial score (nSPS) is 48.0. The minimum absolute atomic E-state index is 0.172. The van der Waals surface area contributed by atoms with Crippen LogP contribution < -0.4 is 0 Å². The Balaban J connectivity index is 1.69. The molecule has 1 N–H and O–H groups in total. The summed E-state index contributed by atoms with van der Waals surface area (Å²) in [6, 6.07) is 0. The SMILES string of the molecule is C#C[C@@]1(O)C=CC2C3CCC4=CC(=O)CCC4C3CC[C@]21CC. The van der Waals surface area contributed by atoms with Gasteiger partial charge in [-0.2, -0.15) is 0 Å². The van der Waals surface area contributed by atoms with Crippen molar-refractivity contribution < 1.29 is 9.90 Å². The molecule has 4 rings (SSSR count). The third-order valence-corrected chi connectivity index (χ3v) is 7.54. The number of hydrogen-bond donors (Lipinski definition) is 1. The standard InChI is InChI=1S/C21H26O2/c1-3-20-11-9-17-16-8-6-15(22)13-14(16)5-7-18(17)19(20)10-12-21(20,23)4-2/h2,10,12-13,16-19,23H,3,5-9,11H2,1H3/t16?,17?,18?,19?,20-,21-/m1/s1. The molecule has 6 atom stereocenters. The Bertz CT molecular complexity index is 637. The molecule has 0 spiro atoms. The number of fused-ring (bicyclic) bond motifs is 5. The van der Waals surface area contributed by atoms with E-state index >= 15 is 0 Å². The van der Waals surface area contributed by atoms with Gasteiger partial charge in [0.05, 0.1) is 0 Å². The lowest BCUT2D eigenvalue weighted by atomic mass is 9.49. The van der Waals surface area contributed by atoms with Crippen LogP contribution in [-0.4, -0.2) is 16.5 Å². The topological polar surface area (TPSA) is 37.3 Å². The van der Waals surface area contributed by atoms with Crippen LogP contribution >= 0.6 is 0 Å². The summed E-state index contributed by atoms with van der Waals surface area (Å²) >= 11 is 0. The largest absolute Gasteiger partial charge is 0.373 e. The highest BCUT2D eigenvalue weighted by Gasteiger charge is 2.61. The molecule has 2 heteroatoms. The quantitative estimate of drug-likeness (QED) is 0.593. The zero-order valence-electron chi connectivity index (χ0n) is 13.9. The van der Waals surface area contributed by atoms with Gasteiger partial charge in [-0.25, -0.2) is 0 Å². The number of hydrogen-bond acceptors (Lipinski definition) is 2. The van der Waals surface area contributed by atoms with Crippen LogP contribution in [0.2, 0.25) is 0 Å². The van der Waals surface area contributed by atoms with Crippen molar-refractivity contribution in [1.82, 2.24) is 0 Å². The minimum atomic E-state index is -1.07. The second kappa shape index (κ2) is 5.08. The number of aliphatic hydroxyl groups is 1. The summed E-state index contributed by atoms with van der Waals surface area (Å²) in [4.78, 5) is 11.7. The summed E-state index contributed by atoms with van der Waals surface area (Å²) in [6.07, 6.45) is 18.8. The monoisotopic (exact) mass is 310 g/mol. The molecule has 2 saturated carbocycles. The first kappa shape index (κ1) is 15.2. The Kier molecular flexibility index (Phi) is 3.36. The highest BCUT2D eigenvalue weighted by molar-refractivity contribution is 5.91. The zero-order valence-corrected chi connectivity index (χ0v) is 13.9. The summed E-state index contributed by atoms with van der Waals surface area (Å²) in [6.45, 7) is 2.18. The Labute approximate surface area is 139 Å². The molecule has 0 aromatic heterocycles. The van der Waals surface area contributed by atoms with E-state index in [1.165, 1.54) is 5.57 Å². The molecule has 122 valence electrons. The van der Waals surface area contributed by atoms with Crippen LogP contribution in [0, 0.1) is 41.4 Å². The molecule has 4 aliphatic carbocycles. The molecule has 0 saturated heterocycles. The van der Waals surface area contributed by atoms with Gasteiger partial charge in [-0.1, -0.05) is 24.5 Å². The molecule has 4 unspecified atom stereocenters. The third kappa shape index (κ3) is 1.89. The van der Waals surface area contributed by atoms with Gasteiger partial charge in [0.2, 0.25) is 0 Å². The number of carbonyl (C=O) groups is 1. The summed E-state index contributed by atoms with van der Waals surface area (Å²) in [5.74, 6) is 5.28. The van der Waals surface area contributed by atoms with Crippen molar-refractivity contribution in [1.29, 1.82) is 0 Å². The van der Waals surface area contributed by atoms with Crippen LogP contribution in [0.25, 0.3) is 0 Å². The van der Waals surface area contributed by atoms with Crippen LogP contribution in [0.3, 0.4) is 0 Å². The predicted molar refractivity (Wildman–Crippen MR) is 90.4 cm³/mol. The van der Waals surface area contributed by atoms with Gasteiger partial charge in [-0.3, -0.25) is 4.79 Å². The highest BCUT2D eigenvalue weighted by atomic mass is 16.3. The van der Waals surface area contributed by atoms with Crippen molar-refractivity contribution in [2.45, 2.75) is 57.5 Å². The van der Waals surface area contributed by atoms with Crippen LogP contribution in [-0.2, 0) is 4.79 Å². The Hall–Kier alpha value is -1.33. The van der Waals surface area contributed by atoms with E-state index in [0.29, 0.717) is 35.9 Å². The van der Waals surface area contributed by atoms with E-state index in [-0.39, 0.29) is 5.41 Å². The fourth-order valence-electron chi connectivity index (χ4n) is 6.38. The third-order valence-electron chi connectivity index (χ3n) is 7.54. The summed E-state index contributed by atoms with van der Waals surface area (Å²) < 4.78 is 0. The molecule has 2 nitrogen and oxygen atoms in total. The number of allylic oxidation sites excluding steroid dienone is 3. The summed E-state index contributed by atoms with van der Waals surface area (Å²) in [7, 11) is 0. The van der Waals surface area contributed by atoms with Crippen molar-refractivity contribution in [3.63, 3.8) is 0 Å². The van der Waals surface area contributed by atoms with E-state index in [9.17, 15) is 9.90 Å². The fourth-order valence-corrected chi connectivity index (χ4v) is 6.38. The number of ketones is 1. The lowest BCUT2D eigenvalue weighted by molar-refractivity contribution is -0.116. The average molecular weight is 310 g/mol. The first-order valence-corrected chi connectivity index (χ1v) is 9.17. The number of rotatable bonds is 1. The van der Waals surface area contributed by atoms with Crippen molar-refractivity contribution in [3.05, 3.63) is 23.8 Å². The van der Waals surface area contributed by atoms with Crippen LogP contribution in [0.15, 0.2) is 23.8 Å². The first-order valence-electron chi connectivity index (χ1n) is 9.17. The summed E-state index contributed by atoms with van der Waals surface area (Å²) in [5, 5.41) is 11.0. The predicted octanol–water partition coefficient (Wildman–Crippen LogP) is 3.66. The Morgan fingerprint density at radius 1 is 1.30 bits per heavy atom. The van der Waals surface area contributed by atoms with E-state index in [1.807, 2.05) is 12.2 Å². The molecule has 0 radical (unpaired) electrons. The van der Waals surface area contributed by atoms with Crippen LogP contribution in [0.5, 0.6) is 0 Å². The maximum absolute atomic E-state index is 11.7. The van der Waals surface area contributed by atoms with Gasteiger partial charge < -0.3 is 5.11 Å². The molecule has 2 fully saturated rings. The molecule has 0 heterocycles. The van der Waals surface area contributed by atoms with Gasteiger partial charge in [0.1, 0.15) is 5.60 Å². The molecule has 0 aliphatic heterocycles. The van der Waals surface area contributed by atoms with E-state index in [2.05, 4.69) is 18.9 Å². The van der Waals surface area contributed by atoms with E-state index in [4.69, 9.17) is 6.42 Å². The lowest BCUT2D eigenvalue weighted by Crippen LogP contribution is -2.54. The van der Waals surface area contributed by atoms with Crippen LogP contribution in [0.1, 0.15) is 51.9 Å². The Morgan fingerprint density at radius 2 is 2.13 bits per heavy atom. The van der Waals surface area contributed by atoms with E-state index in [0.717, 1.165) is 38.5 Å². The fraction of sp³-hybridized carbons (Fsp3) is 0.667. The van der Waals surface area contributed by atoms with E-state index < -0.39 is 5.60 Å². The summed E-state index contributed by atoms with van der Waals surface area (Å²) in [5.41, 5.74) is 0.158. The molecule has 0 amide bonds. The minimum Gasteiger partial charge on any atom is -0.373 e. The lowest BCUT2D eigenvalue weighted by Gasteiger charge is -2.55. The van der Waals surface area contributed by atoms with Gasteiger partial charge in [0.25, 0.3) is 0 Å². The first-order chi connectivity index (χ1) is 11.0. The molecule has 0 aromatic rings. The molecule has 4 aliphatic rings. The van der Waals surface area contributed by atoms with Crippen molar-refractivity contribution in [3.8, 4) is 12.3 Å². The van der Waals surface area contributed by atoms with Gasteiger partial charge in [-0.15, -0.1) is 6.42 Å². The zero-order chi connectivity index (χ0) is 16.2. The average Bonchev–Trinajstić information content (AvgIpc) is 2.88. The smallest absolute Gasteiger partial charge is 0.155 e. The molecule has 0 aromatic carbocycles. The van der Waals surface area contributed by atoms with Gasteiger partial charge in [0.15, 0.2) is 5.78 Å². The van der Waals surface area contributed by atoms with Gasteiger partial charge >= 0.3 is 0 Å². The highest BCUT2D eigenvalue weighted by Crippen LogP contribution is 2.63. The molecule has 23 heavy (non-hydrogen) atoms. The van der Waals surface area contributed by atoms with Gasteiger partial charge in [0, 0.05) is 11.8 Å². The second-order valence-electron chi connectivity index (χ2n) is 8.04. The number of terminal acetylenes is 1. The maximum atomic E-state index is 11.7. The van der Waals surface area contributed by atoms with Crippen molar-refractivity contribution in [2.75, 3.05) is 0 Å². The van der Waals surface area contributed by atoms with E-state index in [1.54, 1.807) is 0 Å². The van der Waals surface area contributed by atoms with Crippen molar-refractivity contribution in [2.24, 2.45) is 29.1 Å². The van der Waals surface area contributed by atoms with Gasteiger partial charge in [-0.05, 0) is 74.3 Å². The Morgan fingerprint density at radius 3 is 2.87 bits per heavy atom. The maximum Gasteiger partial charge on any atom is 0.155 e. The van der Waals surface area contributed by atoms with Crippen LogP contribution in [0.4, 0.5) is 0 Å². The molecular formula is C21H26O2. The molecule has 0 bridgehead atoms. The van der Waals surface area contributed by atoms with Crippen molar-refractivity contribution >= 4 is 5.78 Å².